The summed E-state index contributed by atoms with van der Waals surface area (Å²) in [6.07, 6.45) is 0. The zero-order chi connectivity index (χ0) is 18.3. The Kier molecular flexibility index (Phi) is 2.70. The number of para-hydroxylation sites is 2. The van der Waals surface area contributed by atoms with Crippen LogP contribution in [0, 0.1) is 5.92 Å². The van der Waals surface area contributed by atoms with Crippen molar-refractivity contribution in [2.24, 2.45) is 5.92 Å². The first-order chi connectivity index (χ1) is 13.0. The van der Waals surface area contributed by atoms with E-state index in [2.05, 4.69) is 48.7 Å². The first-order valence-electron chi connectivity index (χ1n) is 9.37. The summed E-state index contributed by atoms with van der Waals surface area (Å²) in [6, 6.07) is 18.2. The number of rotatable bonds is 0. The molecule has 0 radical (unpaired) electrons. The zero-order valence-electron chi connectivity index (χ0n) is 15.2. The molecule has 4 aromatic rings. The Morgan fingerprint density at radius 3 is 2.74 bits per heavy atom. The molecule has 0 aliphatic carbocycles. The molecule has 0 bridgehead atoms. The van der Waals surface area contributed by atoms with E-state index >= 15 is 0 Å². The highest BCUT2D eigenvalue weighted by atomic mass is 16.5. The highest BCUT2D eigenvalue weighted by Crippen LogP contribution is 2.53. The molecule has 2 aliphatic heterocycles. The van der Waals surface area contributed by atoms with Crippen molar-refractivity contribution in [1.29, 1.82) is 0 Å². The standard InChI is InChI=1S/C23H19NO3/c1-23(2)15-12-24-16-9-5-3-7-13(16)11-17(24)19(15)20-21(27-23)14-8-4-6-10-18(14)26-22(20)25/h3-11,15,19H,12H2,1-2H3/t15-,19-/m1/s1. The molecule has 2 aromatic carbocycles. The van der Waals surface area contributed by atoms with Gasteiger partial charge in [-0.15, -0.1) is 0 Å². The van der Waals surface area contributed by atoms with Gasteiger partial charge in [-0.25, -0.2) is 4.79 Å². The van der Waals surface area contributed by atoms with Crippen LogP contribution >= 0.6 is 0 Å². The maximum absolute atomic E-state index is 13.0. The third-order valence-corrected chi connectivity index (χ3v) is 6.31. The Morgan fingerprint density at radius 2 is 1.85 bits per heavy atom. The van der Waals surface area contributed by atoms with Crippen molar-refractivity contribution in [1.82, 2.24) is 4.57 Å². The van der Waals surface area contributed by atoms with Gasteiger partial charge in [0.05, 0.1) is 10.9 Å². The number of hydrogen-bond acceptors (Lipinski definition) is 3. The van der Waals surface area contributed by atoms with E-state index in [9.17, 15) is 4.79 Å². The molecule has 0 fully saturated rings. The van der Waals surface area contributed by atoms with E-state index in [1.54, 1.807) is 0 Å². The van der Waals surface area contributed by atoms with Gasteiger partial charge in [0.15, 0.2) is 0 Å². The fourth-order valence-electron chi connectivity index (χ4n) is 5.02. The number of hydrogen-bond donors (Lipinski definition) is 0. The van der Waals surface area contributed by atoms with Gasteiger partial charge in [-0.1, -0.05) is 30.3 Å². The molecule has 4 heterocycles. The molecular formula is C23H19NO3. The minimum Gasteiger partial charge on any atom is -0.486 e. The predicted octanol–water partition coefficient (Wildman–Crippen LogP) is 4.68. The van der Waals surface area contributed by atoms with Crippen molar-refractivity contribution in [3.63, 3.8) is 0 Å². The average molecular weight is 357 g/mol. The Bertz CT molecular complexity index is 1290. The Hall–Kier alpha value is -3.01. The highest BCUT2D eigenvalue weighted by Gasteiger charge is 2.51. The maximum atomic E-state index is 13.0. The topological polar surface area (TPSA) is 44.4 Å². The summed E-state index contributed by atoms with van der Waals surface area (Å²) in [7, 11) is 0. The van der Waals surface area contributed by atoms with Gasteiger partial charge >= 0.3 is 5.63 Å². The molecule has 134 valence electrons. The van der Waals surface area contributed by atoms with Gasteiger partial charge < -0.3 is 13.7 Å². The van der Waals surface area contributed by atoms with Crippen LogP contribution in [0.2, 0.25) is 0 Å². The van der Waals surface area contributed by atoms with Gasteiger partial charge in [-0.3, -0.25) is 0 Å². The van der Waals surface area contributed by atoms with E-state index in [1.165, 1.54) is 16.6 Å². The number of nitrogens with zero attached hydrogens (tertiary/aromatic N) is 1. The third-order valence-electron chi connectivity index (χ3n) is 6.31. The fraction of sp³-hybridized carbons (Fsp3) is 0.261. The molecule has 0 unspecified atom stereocenters. The Morgan fingerprint density at radius 1 is 1.07 bits per heavy atom. The lowest BCUT2D eigenvalue weighted by molar-refractivity contribution is 0.0200. The third kappa shape index (κ3) is 1.85. The molecule has 2 aliphatic rings. The summed E-state index contributed by atoms with van der Waals surface area (Å²) in [5, 5.41) is 2.08. The molecule has 4 nitrogen and oxygen atoms in total. The minimum absolute atomic E-state index is 0.0167. The molecule has 2 aromatic heterocycles. The molecule has 0 spiro atoms. The summed E-state index contributed by atoms with van der Waals surface area (Å²) >= 11 is 0. The van der Waals surface area contributed by atoms with Gasteiger partial charge in [0.2, 0.25) is 0 Å². The Balaban J connectivity index is 1.71. The molecule has 6 rings (SSSR count). The highest BCUT2D eigenvalue weighted by molar-refractivity contribution is 5.86. The summed E-state index contributed by atoms with van der Waals surface area (Å²) in [6.45, 7) is 5.10. The molecular weight excluding hydrogens is 338 g/mol. The lowest BCUT2D eigenvalue weighted by Gasteiger charge is -2.41. The molecule has 2 atom stereocenters. The molecule has 4 heteroatoms. The van der Waals surface area contributed by atoms with E-state index in [4.69, 9.17) is 9.15 Å². The van der Waals surface area contributed by atoms with Gasteiger partial charge in [0.1, 0.15) is 16.9 Å². The van der Waals surface area contributed by atoms with Crippen molar-refractivity contribution in [3.8, 4) is 5.75 Å². The van der Waals surface area contributed by atoms with Crippen LogP contribution in [0.4, 0.5) is 0 Å². The maximum Gasteiger partial charge on any atom is 0.343 e. The second-order valence-electron chi connectivity index (χ2n) is 8.16. The summed E-state index contributed by atoms with van der Waals surface area (Å²) in [5.41, 5.74) is 2.97. The largest absolute Gasteiger partial charge is 0.486 e. The normalized spacial score (nSPS) is 22.3. The van der Waals surface area contributed by atoms with Crippen molar-refractivity contribution < 1.29 is 9.15 Å². The second kappa shape index (κ2) is 4.83. The first-order valence-corrected chi connectivity index (χ1v) is 9.37. The van der Waals surface area contributed by atoms with Crippen molar-refractivity contribution >= 4 is 21.9 Å². The van der Waals surface area contributed by atoms with Crippen LogP contribution in [0.3, 0.4) is 0 Å². The number of ether oxygens (including phenoxy) is 1. The summed E-state index contributed by atoms with van der Waals surface area (Å²) in [5.74, 6) is 0.859. The molecule has 27 heavy (non-hydrogen) atoms. The monoisotopic (exact) mass is 357 g/mol. The molecule has 0 N–H and O–H groups in total. The number of aromatic nitrogens is 1. The smallest absolute Gasteiger partial charge is 0.343 e. The summed E-state index contributed by atoms with van der Waals surface area (Å²) < 4.78 is 14.5. The van der Waals surface area contributed by atoms with Crippen molar-refractivity contribution in [3.05, 3.63) is 76.3 Å². The van der Waals surface area contributed by atoms with Gasteiger partial charge in [-0.05, 0) is 43.5 Å². The molecule has 0 saturated heterocycles. The first kappa shape index (κ1) is 15.1. The second-order valence-corrected chi connectivity index (χ2v) is 8.16. The van der Waals surface area contributed by atoms with E-state index < -0.39 is 0 Å². The SMILES string of the molecule is CC1(C)Oc2c(c(=O)oc3ccccc23)[C@H]2c3cc4ccccc4n3C[C@H]21. The number of benzene rings is 2. The minimum atomic E-state index is -0.381. The molecule has 0 saturated carbocycles. The Labute approximate surface area is 156 Å². The lowest BCUT2D eigenvalue weighted by atomic mass is 9.74. The van der Waals surface area contributed by atoms with E-state index in [-0.39, 0.29) is 23.1 Å². The van der Waals surface area contributed by atoms with Crippen molar-refractivity contribution in [2.75, 3.05) is 0 Å². The zero-order valence-corrected chi connectivity index (χ0v) is 15.2. The fourth-order valence-corrected chi connectivity index (χ4v) is 5.02. The van der Waals surface area contributed by atoms with Crippen LogP contribution in [0.1, 0.15) is 31.0 Å². The lowest BCUT2D eigenvalue weighted by Crippen LogP contribution is -2.45. The van der Waals surface area contributed by atoms with E-state index in [1.807, 2.05) is 24.3 Å². The van der Waals surface area contributed by atoms with Crippen LogP contribution in [0.15, 0.2) is 63.8 Å². The predicted molar refractivity (Wildman–Crippen MR) is 104 cm³/mol. The van der Waals surface area contributed by atoms with Gasteiger partial charge in [-0.2, -0.15) is 0 Å². The van der Waals surface area contributed by atoms with Crippen LogP contribution < -0.4 is 10.4 Å². The average Bonchev–Trinajstić information content (AvgIpc) is 3.19. The van der Waals surface area contributed by atoms with Gasteiger partial charge in [0, 0.05) is 29.6 Å². The van der Waals surface area contributed by atoms with Crippen LogP contribution in [0.25, 0.3) is 21.9 Å². The number of fused-ring (bicyclic) bond motifs is 9. The quantitative estimate of drug-likeness (QED) is 0.429. The molecule has 0 amide bonds. The van der Waals surface area contributed by atoms with Crippen LogP contribution in [-0.2, 0) is 6.54 Å². The van der Waals surface area contributed by atoms with Gasteiger partial charge in [0.25, 0.3) is 0 Å². The van der Waals surface area contributed by atoms with E-state index in [0.29, 0.717) is 16.9 Å². The van der Waals surface area contributed by atoms with E-state index in [0.717, 1.165) is 11.9 Å². The van der Waals surface area contributed by atoms with Crippen LogP contribution in [-0.4, -0.2) is 10.2 Å². The van der Waals surface area contributed by atoms with Crippen LogP contribution in [0.5, 0.6) is 5.75 Å². The van der Waals surface area contributed by atoms with Crippen molar-refractivity contribution in [2.45, 2.75) is 31.9 Å². The summed E-state index contributed by atoms with van der Waals surface area (Å²) in [4.78, 5) is 13.0.